The van der Waals surface area contributed by atoms with E-state index in [2.05, 4.69) is 25.9 Å². The number of rotatable bonds is 3. The molecule has 0 spiro atoms. The summed E-state index contributed by atoms with van der Waals surface area (Å²) in [5.74, 6) is 1.57. The fraction of sp³-hybridized carbons (Fsp3) is 0.143. The molecule has 7 heteroatoms. The zero-order chi connectivity index (χ0) is 15.0. The van der Waals surface area contributed by atoms with Crippen molar-refractivity contribution in [3.8, 4) is 17.3 Å². The van der Waals surface area contributed by atoms with Gasteiger partial charge in [-0.2, -0.15) is 4.98 Å². The van der Waals surface area contributed by atoms with E-state index >= 15 is 0 Å². The molecule has 21 heavy (non-hydrogen) atoms. The molecule has 0 atom stereocenters. The third kappa shape index (κ3) is 2.40. The number of aromatic nitrogens is 3. The molecule has 2 N–H and O–H groups in total. The number of fused-ring (bicyclic) bond motifs is 1. The van der Waals surface area contributed by atoms with Crippen LogP contribution in [0, 0.1) is 0 Å². The lowest BCUT2D eigenvalue weighted by Crippen LogP contribution is -2.02. The van der Waals surface area contributed by atoms with E-state index in [1.165, 1.54) is 0 Å². The van der Waals surface area contributed by atoms with Gasteiger partial charge in [0.2, 0.25) is 11.8 Å². The average Bonchev–Trinajstić information content (AvgIpc) is 2.81. The summed E-state index contributed by atoms with van der Waals surface area (Å²) >= 11 is 3.46. The highest BCUT2D eigenvalue weighted by atomic mass is 79.9. The molecule has 6 nitrogen and oxygen atoms in total. The van der Waals surface area contributed by atoms with Gasteiger partial charge in [-0.1, -0.05) is 15.9 Å². The maximum Gasteiger partial charge on any atom is 0.215 e. The standard InChI is InChI=1S/C14H13BrN4O2/c1-20-10-6-8(15)5-9(7-10)19-13-11(17-14(19)16)3-4-12(18-13)21-2/h3-7H,1-2H3,(H2,16,17). The monoisotopic (exact) mass is 348 g/mol. The Kier molecular flexibility index (Phi) is 3.42. The van der Waals surface area contributed by atoms with Crippen LogP contribution in [0.1, 0.15) is 0 Å². The van der Waals surface area contributed by atoms with Crippen molar-refractivity contribution in [2.45, 2.75) is 0 Å². The van der Waals surface area contributed by atoms with Gasteiger partial charge < -0.3 is 15.2 Å². The Morgan fingerprint density at radius 1 is 1.10 bits per heavy atom. The van der Waals surface area contributed by atoms with Crippen LogP contribution in [0.25, 0.3) is 16.9 Å². The van der Waals surface area contributed by atoms with Gasteiger partial charge in [0.25, 0.3) is 0 Å². The maximum atomic E-state index is 6.03. The minimum absolute atomic E-state index is 0.353. The second-order valence-electron chi connectivity index (χ2n) is 4.35. The fourth-order valence-electron chi connectivity index (χ4n) is 2.12. The van der Waals surface area contributed by atoms with Crippen LogP contribution in [0.3, 0.4) is 0 Å². The first kappa shape index (κ1) is 13.7. The van der Waals surface area contributed by atoms with Crippen molar-refractivity contribution in [1.82, 2.24) is 14.5 Å². The lowest BCUT2D eigenvalue weighted by Gasteiger charge is -2.09. The number of halogens is 1. The lowest BCUT2D eigenvalue weighted by molar-refractivity contribution is 0.399. The van der Waals surface area contributed by atoms with Crippen molar-refractivity contribution < 1.29 is 9.47 Å². The van der Waals surface area contributed by atoms with Crippen molar-refractivity contribution in [1.29, 1.82) is 0 Å². The second-order valence-corrected chi connectivity index (χ2v) is 5.27. The molecule has 3 rings (SSSR count). The summed E-state index contributed by atoms with van der Waals surface area (Å²) in [4.78, 5) is 8.73. The fourth-order valence-corrected chi connectivity index (χ4v) is 2.58. The average molecular weight is 349 g/mol. The first-order chi connectivity index (χ1) is 10.1. The molecule has 0 fully saturated rings. The minimum atomic E-state index is 0.353. The Labute approximate surface area is 129 Å². The van der Waals surface area contributed by atoms with E-state index in [9.17, 15) is 0 Å². The molecule has 0 bridgehead atoms. The van der Waals surface area contributed by atoms with Gasteiger partial charge in [0.15, 0.2) is 5.65 Å². The van der Waals surface area contributed by atoms with Crippen molar-refractivity contribution in [2.75, 3.05) is 20.0 Å². The summed E-state index contributed by atoms with van der Waals surface area (Å²) in [6.07, 6.45) is 0. The molecule has 3 aromatic rings. The van der Waals surface area contributed by atoms with E-state index in [-0.39, 0.29) is 0 Å². The Hall–Kier alpha value is -2.28. The summed E-state index contributed by atoms with van der Waals surface area (Å²) in [5.41, 5.74) is 8.17. The van der Waals surface area contributed by atoms with Crippen LogP contribution in [0.2, 0.25) is 0 Å². The summed E-state index contributed by atoms with van der Waals surface area (Å²) < 4.78 is 13.1. The van der Waals surface area contributed by atoms with Gasteiger partial charge in [-0.25, -0.2) is 4.98 Å². The van der Waals surface area contributed by atoms with Crippen LogP contribution in [0.5, 0.6) is 11.6 Å². The molecule has 0 aliphatic carbocycles. The van der Waals surface area contributed by atoms with E-state index in [0.717, 1.165) is 10.2 Å². The molecule has 0 unspecified atom stereocenters. The number of nitrogens with zero attached hydrogens (tertiary/aromatic N) is 3. The topological polar surface area (TPSA) is 75.2 Å². The van der Waals surface area contributed by atoms with Crippen molar-refractivity contribution in [2.24, 2.45) is 0 Å². The number of hydrogen-bond acceptors (Lipinski definition) is 5. The van der Waals surface area contributed by atoms with Gasteiger partial charge in [-0.15, -0.1) is 0 Å². The largest absolute Gasteiger partial charge is 0.497 e. The van der Waals surface area contributed by atoms with Crippen LogP contribution in [-0.4, -0.2) is 28.8 Å². The highest BCUT2D eigenvalue weighted by Gasteiger charge is 2.13. The van der Waals surface area contributed by atoms with E-state index in [0.29, 0.717) is 28.7 Å². The number of nitrogen functional groups attached to an aromatic ring is 1. The molecule has 2 aromatic heterocycles. The summed E-state index contributed by atoms with van der Waals surface area (Å²) in [6, 6.07) is 9.22. The number of benzene rings is 1. The highest BCUT2D eigenvalue weighted by molar-refractivity contribution is 9.10. The van der Waals surface area contributed by atoms with Crippen LogP contribution >= 0.6 is 15.9 Å². The molecule has 0 radical (unpaired) electrons. The number of pyridine rings is 1. The van der Waals surface area contributed by atoms with Crippen LogP contribution in [-0.2, 0) is 0 Å². The first-order valence-corrected chi connectivity index (χ1v) is 6.95. The predicted octanol–water partition coefficient (Wildman–Crippen LogP) is 2.78. The summed E-state index contributed by atoms with van der Waals surface area (Å²) in [5, 5.41) is 0. The molecule has 0 saturated carbocycles. The van der Waals surface area contributed by atoms with E-state index < -0.39 is 0 Å². The molecular weight excluding hydrogens is 336 g/mol. The van der Waals surface area contributed by atoms with Gasteiger partial charge in [0.05, 0.1) is 19.9 Å². The Morgan fingerprint density at radius 2 is 1.90 bits per heavy atom. The number of nitrogens with two attached hydrogens (primary N) is 1. The molecule has 1 aromatic carbocycles. The second kappa shape index (κ2) is 5.25. The molecule has 0 aliphatic heterocycles. The minimum Gasteiger partial charge on any atom is -0.497 e. The third-order valence-corrected chi connectivity index (χ3v) is 3.52. The Balaban J connectivity index is 2.28. The smallest absolute Gasteiger partial charge is 0.215 e. The molecular formula is C14H13BrN4O2. The molecule has 2 heterocycles. The quantitative estimate of drug-likeness (QED) is 0.787. The number of anilines is 1. The molecule has 0 amide bonds. The van der Waals surface area contributed by atoms with Crippen LogP contribution in [0.15, 0.2) is 34.8 Å². The predicted molar refractivity (Wildman–Crippen MR) is 84.1 cm³/mol. The van der Waals surface area contributed by atoms with E-state index in [1.54, 1.807) is 24.9 Å². The van der Waals surface area contributed by atoms with Crippen molar-refractivity contribution in [3.63, 3.8) is 0 Å². The SMILES string of the molecule is COc1cc(Br)cc(-n2c(N)nc3ccc(OC)nc32)c1. The lowest BCUT2D eigenvalue weighted by atomic mass is 10.3. The molecule has 0 saturated heterocycles. The van der Waals surface area contributed by atoms with Crippen molar-refractivity contribution >= 4 is 33.0 Å². The Morgan fingerprint density at radius 3 is 2.62 bits per heavy atom. The van der Waals surface area contributed by atoms with Gasteiger partial charge in [-0.3, -0.25) is 4.57 Å². The molecule has 108 valence electrons. The number of imidazole rings is 1. The highest BCUT2D eigenvalue weighted by Crippen LogP contribution is 2.28. The van der Waals surface area contributed by atoms with Gasteiger partial charge >= 0.3 is 0 Å². The van der Waals surface area contributed by atoms with E-state index in [1.807, 2.05) is 24.3 Å². The van der Waals surface area contributed by atoms with Gasteiger partial charge in [-0.05, 0) is 18.2 Å². The zero-order valence-electron chi connectivity index (χ0n) is 11.5. The van der Waals surface area contributed by atoms with Crippen LogP contribution in [0.4, 0.5) is 5.95 Å². The summed E-state index contributed by atoms with van der Waals surface area (Å²) in [7, 11) is 3.18. The van der Waals surface area contributed by atoms with Gasteiger partial charge in [0, 0.05) is 16.6 Å². The number of hydrogen-bond donors (Lipinski definition) is 1. The molecule has 0 aliphatic rings. The van der Waals surface area contributed by atoms with Crippen molar-refractivity contribution in [3.05, 3.63) is 34.8 Å². The zero-order valence-corrected chi connectivity index (χ0v) is 13.1. The normalized spacial score (nSPS) is 10.8. The summed E-state index contributed by atoms with van der Waals surface area (Å²) in [6.45, 7) is 0. The number of ether oxygens (including phenoxy) is 2. The number of methoxy groups -OCH3 is 2. The van der Waals surface area contributed by atoms with Gasteiger partial charge in [0.1, 0.15) is 11.3 Å². The maximum absolute atomic E-state index is 6.03. The van der Waals surface area contributed by atoms with E-state index in [4.69, 9.17) is 15.2 Å². The first-order valence-electron chi connectivity index (χ1n) is 6.16. The third-order valence-electron chi connectivity index (χ3n) is 3.06. The van der Waals surface area contributed by atoms with Crippen LogP contribution < -0.4 is 15.2 Å². The Bertz CT molecular complexity index is 816.